The van der Waals surface area contributed by atoms with E-state index in [9.17, 15) is 9.59 Å². The first-order valence-corrected chi connectivity index (χ1v) is 4.98. The highest BCUT2D eigenvalue weighted by molar-refractivity contribution is 5.88. The molecule has 0 saturated carbocycles. The number of nitrogens with zero attached hydrogens (tertiary/aromatic N) is 1. The lowest BCUT2D eigenvalue weighted by Crippen LogP contribution is -2.38. The van der Waals surface area contributed by atoms with Crippen molar-refractivity contribution in [1.82, 2.24) is 10.2 Å². The second kappa shape index (κ2) is 3.57. The number of nitrogens with two attached hydrogens (primary N) is 1. The molecule has 0 aromatic rings. The van der Waals surface area contributed by atoms with Crippen molar-refractivity contribution < 1.29 is 9.59 Å². The number of hydrogen-bond acceptors (Lipinski definition) is 3. The van der Waals surface area contributed by atoms with Crippen LogP contribution in [0, 0.1) is 5.92 Å². The van der Waals surface area contributed by atoms with Crippen LogP contribution in [0.4, 0.5) is 0 Å². The fourth-order valence-electron chi connectivity index (χ4n) is 2.18. The summed E-state index contributed by atoms with van der Waals surface area (Å²) in [6.45, 7) is 2.31. The molecule has 2 unspecified atom stereocenters. The van der Waals surface area contributed by atoms with Crippen molar-refractivity contribution in [3.05, 3.63) is 0 Å². The molecular formula is C9H15N3O2. The second-order valence-electron chi connectivity index (χ2n) is 4.00. The molecule has 0 aliphatic carbocycles. The van der Waals surface area contributed by atoms with Gasteiger partial charge in [-0.25, -0.2) is 0 Å². The summed E-state index contributed by atoms with van der Waals surface area (Å²) in [4.78, 5) is 24.3. The van der Waals surface area contributed by atoms with Crippen LogP contribution < -0.4 is 11.1 Å². The van der Waals surface area contributed by atoms with Gasteiger partial charge in [0.1, 0.15) is 0 Å². The van der Waals surface area contributed by atoms with E-state index in [1.807, 2.05) is 0 Å². The Morgan fingerprint density at radius 2 is 2.36 bits per heavy atom. The Kier molecular flexibility index (Phi) is 2.41. The van der Waals surface area contributed by atoms with Gasteiger partial charge >= 0.3 is 0 Å². The number of hydrogen-bond donors (Lipinski definition) is 2. The van der Waals surface area contributed by atoms with Gasteiger partial charge in [-0.15, -0.1) is 0 Å². The molecule has 2 rings (SSSR count). The minimum absolute atomic E-state index is 0.0718. The van der Waals surface area contributed by atoms with Gasteiger partial charge in [0.05, 0.1) is 5.92 Å². The number of carbonyl (C=O) groups is 2. The number of nitrogens with one attached hydrogen (secondary N) is 1. The highest BCUT2D eigenvalue weighted by Gasteiger charge is 2.37. The molecule has 2 atom stereocenters. The van der Waals surface area contributed by atoms with Gasteiger partial charge in [0.15, 0.2) is 0 Å². The molecule has 3 N–H and O–H groups in total. The molecule has 0 aromatic heterocycles. The summed E-state index contributed by atoms with van der Waals surface area (Å²) >= 11 is 0. The van der Waals surface area contributed by atoms with Crippen molar-refractivity contribution in [3.63, 3.8) is 0 Å². The van der Waals surface area contributed by atoms with Crippen LogP contribution >= 0.6 is 0 Å². The number of amides is 2. The summed E-state index contributed by atoms with van der Waals surface area (Å²) in [6.07, 6.45) is 1.28. The Morgan fingerprint density at radius 3 is 2.86 bits per heavy atom. The summed E-state index contributed by atoms with van der Waals surface area (Å²) in [7, 11) is 0. The maximum absolute atomic E-state index is 11.6. The highest BCUT2D eigenvalue weighted by atomic mass is 16.2. The summed E-state index contributed by atoms with van der Waals surface area (Å²) in [5.74, 6) is -0.558. The smallest absolute Gasteiger partial charge is 0.223 e. The van der Waals surface area contributed by atoms with Gasteiger partial charge in [0.25, 0.3) is 0 Å². The molecule has 5 nitrogen and oxygen atoms in total. The zero-order valence-corrected chi connectivity index (χ0v) is 8.03. The normalized spacial score (nSPS) is 32.6. The SMILES string of the molecule is NC(=O)C1CC(=O)N(C2CCNC2)C1. The van der Waals surface area contributed by atoms with Gasteiger partial charge in [0, 0.05) is 25.6 Å². The van der Waals surface area contributed by atoms with E-state index in [1.165, 1.54) is 0 Å². The van der Waals surface area contributed by atoms with Crippen LogP contribution in [-0.4, -0.2) is 42.4 Å². The summed E-state index contributed by atoms with van der Waals surface area (Å²) in [6, 6.07) is 0.270. The number of likely N-dealkylation sites (tertiary alicyclic amines) is 1. The summed E-state index contributed by atoms with van der Waals surface area (Å²) in [5.41, 5.74) is 5.19. The van der Waals surface area contributed by atoms with E-state index in [1.54, 1.807) is 4.90 Å². The van der Waals surface area contributed by atoms with Crippen LogP contribution in [-0.2, 0) is 9.59 Å². The first-order chi connectivity index (χ1) is 6.68. The highest BCUT2D eigenvalue weighted by Crippen LogP contribution is 2.22. The molecule has 2 amide bonds. The third-order valence-electron chi connectivity index (χ3n) is 3.04. The summed E-state index contributed by atoms with van der Waals surface area (Å²) < 4.78 is 0. The van der Waals surface area contributed by atoms with Crippen LogP contribution in [0.1, 0.15) is 12.8 Å². The van der Waals surface area contributed by atoms with E-state index in [2.05, 4.69) is 5.32 Å². The lowest BCUT2D eigenvalue weighted by molar-refractivity contribution is -0.129. The summed E-state index contributed by atoms with van der Waals surface area (Å²) in [5, 5.41) is 3.20. The molecule has 2 heterocycles. The Balaban J connectivity index is 2.00. The Bertz CT molecular complexity index is 261. The minimum atomic E-state index is -0.355. The van der Waals surface area contributed by atoms with E-state index in [0.29, 0.717) is 13.0 Å². The number of rotatable bonds is 2. The lowest BCUT2D eigenvalue weighted by atomic mass is 10.1. The third-order valence-corrected chi connectivity index (χ3v) is 3.04. The standard InChI is InChI=1S/C9H15N3O2/c10-9(14)6-3-8(13)12(5-6)7-1-2-11-4-7/h6-7,11H,1-5H2,(H2,10,14). The third kappa shape index (κ3) is 1.59. The van der Waals surface area contributed by atoms with Crippen molar-refractivity contribution in [2.45, 2.75) is 18.9 Å². The molecule has 0 spiro atoms. The Morgan fingerprint density at radius 1 is 1.57 bits per heavy atom. The van der Waals surface area contributed by atoms with Gasteiger partial charge in [-0.3, -0.25) is 9.59 Å². The average molecular weight is 197 g/mol. The Labute approximate surface area is 82.6 Å². The molecule has 0 aromatic carbocycles. The van der Waals surface area contributed by atoms with E-state index >= 15 is 0 Å². The fraction of sp³-hybridized carbons (Fsp3) is 0.778. The van der Waals surface area contributed by atoms with Gasteiger partial charge < -0.3 is 16.0 Å². The maximum atomic E-state index is 11.6. The second-order valence-corrected chi connectivity index (χ2v) is 4.00. The first kappa shape index (κ1) is 9.45. The average Bonchev–Trinajstić information content (AvgIpc) is 2.71. The fourth-order valence-corrected chi connectivity index (χ4v) is 2.18. The van der Waals surface area contributed by atoms with E-state index in [0.717, 1.165) is 19.5 Å². The topological polar surface area (TPSA) is 75.4 Å². The zero-order valence-electron chi connectivity index (χ0n) is 8.03. The van der Waals surface area contributed by atoms with Gasteiger partial charge in [-0.05, 0) is 13.0 Å². The molecule has 0 bridgehead atoms. The number of primary amides is 1. The van der Waals surface area contributed by atoms with Crippen LogP contribution in [0.5, 0.6) is 0 Å². The van der Waals surface area contributed by atoms with E-state index in [-0.39, 0.29) is 23.8 Å². The molecule has 2 aliphatic heterocycles. The monoisotopic (exact) mass is 197 g/mol. The molecular weight excluding hydrogens is 182 g/mol. The predicted molar refractivity (Wildman–Crippen MR) is 50.3 cm³/mol. The maximum Gasteiger partial charge on any atom is 0.223 e. The molecule has 2 fully saturated rings. The van der Waals surface area contributed by atoms with Crippen LogP contribution in [0.3, 0.4) is 0 Å². The van der Waals surface area contributed by atoms with Crippen LogP contribution in [0.2, 0.25) is 0 Å². The van der Waals surface area contributed by atoms with Crippen LogP contribution in [0.15, 0.2) is 0 Å². The van der Waals surface area contributed by atoms with Gasteiger partial charge in [-0.2, -0.15) is 0 Å². The van der Waals surface area contributed by atoms with Crippen molar-refractivity contribution in [2.24, 2.45) is 11.7 Å². The largest absolute Gasteiger partial charge is 0.369 e. The van der Waals surface area contributed by atoms with Crippen molar-refractivity contribution in [3.8, 4) is 0 Å². The van der Waals surface area contributed by atoms with Crippen molar-refractivity contribution in [1.29, 1.82) is 0 Å². The molecule has 78 valence electrons. The van der Waals surface area contributed by atoms with Gasteiger partial charge in [0.2, 0.25) is 11.8 Å². The lowest BCUT2D eigenvalue weighted by Gasteiger charge is -2.22. The van der Waals surface area contributed by atoms with Gasteiger partial charge in [-0.1, -0.05) is 0 Å². The zero-order chi connectivity index (χ0) is 10.1. The van der Waals surface area contributed by atoms with E-state index < -0.39 is 0 Å². The molecule has 14 heavy (non-hydrogen) atoms. The van der Waals surface area contributed by atoms with E-state index in [4.69, 9.17) is 5.73 Å². The predicted octanol–water partition coefficient (Wildman–Crippen LogP) is -1.32. The van der Waals surface area contributed by atoms with Crippen LogP contribution in [0.25, 0.3) is 0 Å². The molecule has 2 aliphatic rings. The minimum Gasteiger partial charge on any atom is -0.369 e. The quantitative estimate of drug-likeness (QED) is 0.576. The first-order valence-electron chi connectivity index (χ1n) is 4.98. The molecule has 0 radical (unpaired) electrons. The van der Waals surface area contributed by atoms with Crippen molar-refractivity contribution >= 4 is 11.8 Å². The van der Waals surface area contributed by atoms with Crippen molar-refractivity contribution in [2.75, 3.05) is 19.6 Å². The Hall–Kier alpha value is -1.10. The molecule has 5 heteroatoms. The number of carbonyl (C=O) groups excluding carboxylic acids is 2. The molecule has 2 saturated heterocycles.